The summed E-state index contributed by atoms with van der Waals surface area (Å²) in [5, 5.41) is 26.5. The zero-order valence-corrected chi connectivity index (χ0v) is 9.34. The van der Waals surface area contributed by atoms with Gasteiger partial charge in [0, 0.05) is 6.42 Å². The maximum absolute atomic E-state index is 9.69. The summed E-state index contributed by atoms with van der Waals surface area (Å²) in [5.74, 6) is 0.246. The van der Waals surface area contributed by atoms with Crippen LogP contribution in [0.5, 0.6) is 0 Å². The Bertz CT molecular complexity index is 572. The van der Waals surface area contributed by atoms with Gasteiger partial charge >= 0.3 is 0 Å². The van der Waals surface area contributed by atoms with E-state index in [1.807, 2.05) is 0 Å². The minimum Gasteiger partial charge on any atom is -0.394 e. The van der Waals surface area contributed by atoms with Crippen LogP contribution in [-0.2, 0) is 4.74 Å². The van der Waals surface area contributed by atoms with Gasteiger partial charge < -0.3 is 20.7 Å². The Morgan fingerprint density at radius 2 is 2.33 bits per heavy atom. The van der Waals surface area contributed by atoms with Crippen LogP contribution in [0.1, 0.15) is 12.6 Å². The summed E-state index contributed by atoms with van der Waals surface area (Å²) >= 11 is 0. The second kappa shape index (κ2) is 4.12. The number of hydrogen-bond donors (Lipinski definition) is 3. The lowest BCUT2D eigenvalue weighted by atomic mass is 10.2. The predicted molar refractivity (Wildman–Crippen MR) is 59.2 cm³/mol. The molecule has 3 heterocycles. The number of nitrogen functional groups attached to an aromatic ring is 1. The van der Waals surface area contributed by atoms with Gasteiger partial charge in [0.25, 0.3) is 0 Å². The average Bonchev–Trinajstić information content (AvgIpc) is 2.93. The molecule has 4 N–H and O–H groups in total. The number of aromatic nitrogens is 5. The number of nitrogens with two attached hydrogens (primary N) is 1. The number of anilines is 1. The van der Waals surface area contributed by atoms with Crippen molar-refractivity contribution in [3.05, 3.63) is 6.33 Å². The van der Waals surface area contributed by atoms with E-state index < -0.39 is 18.4 Å². The molecule has 2 aromatic rings. The quantitative estimate of drug-likeness (QED) is 0.584. The number of ether oxygens (including phenoxy) is 1. The molecule has 2 aromatic heterocycles. The van der Waals surface area contributed by atoms with Gasteiger partial charge in [0.15, 0.2) is 17.6 Å². The fourth-order valence-corrected chi connectivity index (χ4v) is 2.04. The van der Waals surface area contributed by atoms with Gasteiger partial charge in [-0.15, -0.1) is 5.10 Å². The van der Waals surface area contributed by atoms with E-state index in [1.165, 1.54) is 11.0 Å². The van der Waals surface area contributed by atoms with Crippen molar-refractivity contribution in [2.24, 2.45) is 0 Å². The van der Waals surface area contributed by atoms with Gasteiger partial charge in [0.05, 0.1) is 12.7 Å². The maximum Gasteiger partial charge on any atom is 0.207 e. The van der Waals surface area contributed by atoms with Gasteiger partial charge in [0.1, 0.15) is 12.4 Å². The highest BCUT2D eigenvalue weighted by molar-refractivity contribution is 5.80. The minimum atomic E-state index is -0.745. The third-order valence-electron chi connectivity index (χ3n) is 2.95. The lowest BCUT2D eigenvalue weighted by molar-refractivity contribution is -0.0474. The van der Waals surface area contributed by atoms with Crippen LogP contribution in [0.3, 0.4) is 0 Å². The van der Waals surface area contributed by atoms with Crippen LogP contribution in [-0.4, -0.2) is 54.0 Å². The maximum atomic E-state index is 9.69. The Morgan fingerprint density at radius 3 is 3.06 bits per heavy atom. The molecule has 0 aliphatic carbocycles. The number of aliphatic hydroxyl groups excluding tert-OH is 2. The molecule has 1 aliphatic rings. The SMILES string of the molecule is Nc1ncnc2nnn([C@@H]3C[C@H](O)[C@@H](CO)O3)c12. The monoisotopic (exact) mass is 252 g/mol. The fourth-order valence-electron chi connectivity index (χ4n) is 2.04. The first-order chi connectivity index (χ1) is 8.70. The largest absolute Gasteiger partial charge is 0.394 e. The van der Waals surface area contributed by atoms with Crippen LogP contribution in [0.2, 0.25) is 0 Å². The number of nitrogens with zero attached hydrogens (tertiary/aromatic N) is 5. The molecule has 0 bridgehead atoms. The van der Waals surface area contributed by atoms with Gasteiger partial charge in [-0.3, -0.25) is 0 Å². The number of hydrogen-bond acceptors (Lipinski definition) is 8. The molecule has 18 heavy (non-hydrogen) atoms. The smallest absolute Gasteiger partial charge is 0.207 e. The molecule has 9 nitrogen and oxygen atoms in total. The van der Waals surface area contributed by atoms with E-state index in [2.05, 4.69) is 20.3 Å². The molecule has 1 aliphatic heterocycles. The number of aliphatic hydroxyl groups is 2. The molecule has 0 amide bonds. The van der Waals surface area contributed by atoms with Crippen molar-refractivity contribution in [1.82, 2.24) is 25.0 Å². The molecule has 0 radical (unpaired) electrons. The minimum absolute atomic E-state index is 0.246. The van der Waals surface area contributed by atoms with E-state index in [9.17, 15) is 5.11 Å². The molecule has 1 fully saturated rings. The van der Waals surface area contributed by atoms with Gasteiger partial charge in [-0.05, 0) is 0 Å². The van der Waals surface area contributed by atoms with E-state index in [-0.39, 0.29) is 12.4 Å². The summed E-state index contributed by atoms with van der Waals surface area (Å²) in [6.07, 6.45) is -0.295. The summed E-state index contributed by atoms with van der Waals surface area (Å²) in [7, 11) is 0. The third-order valence-corrected chi connectivity index (χ3v) is 2.95. The highest BCUT2D eigenvalue weighted by Gasteiger charge is 2.36. The van der Waals surface area contributed by atoms with E-state index in [0.717, 1.165) is 0 Å². The van der Waals surface area contributed by atoms with Crippen molar-refractivity contribution in [2.45, 2.75) is 24.9 Å². The first kappa shape index (κ1) is 11.3. The number of fused-ring (bicyclic) bond motifs is 1. The average molecular weight is 252 g/mol. The summed E-state index contributed by atoms with van der Waals surface area (Å²) < 4.78 is 6.91. The van der Waals surface area contributed by atoms with Crippen LogP contribution in [0.4, 0.5) is 5.82 Å². The van der Waals surface area contributed by atoms with Crippen LogP contribution < -0.4 is 5.73 Å². The summed E-state index contributed by atoms with van der Waals surface area (Å²) in [6, 6.07) is 0. The molecular formula is C9H12N6O3. The Kier molecular flexibility index (Phi) is 2.58. The molecule has 3 rings (SSSR count). The fraction of sp³-hybridized carbons (Fsp3) is 0.556. The first-order valence-corrected chi connectivity index (χ1v) is 5.46. The van der Waals surface area contributed by atoms with E-state index in [0.29, 0.717) is 17.6 Å². The van der Waals surface area contributed by atoms with Crippen LogP contribution in [0, 0.1) is 0 Å². The van der Waals surface area contributed by atoms with Crippen molar-refractivity contribution >= 4 is 17.0 Å². The van der Waals surface area contributed by atoms with E-state index in [1.54, 1.807) is 0 Å². The highest BCUT2D eigenvalue weighted by Crippen LogP contribution is 2.30. The first-order valence-electron chi connectivity index (χ1n) is 5.46. The van der Waals surface area contributed by atoms with Crippen LogP contribution in [0.25, 0.3) is 11.2 Å². The van der Waals surface area contributed by atoms with Gasteiger partial charge in [-0.25, -0.2) is 14.6 Å². The third kappa shape index (κ3) is 1.60. The highest BCUT2D eigenvalue weighted by atomic mass is 16.5. The Morgan fingerprint density at radius 1 is 1.50 bits per heavy atom. The van der Waals surface area contributed by atoms with E-state index >= 15 is 0 Å². The molecule has 0 aromatic carbocycles. The molecule has 1 saturated heterocycles. The molecule has 0 saturated carbocycles. The zero-order chi connectivity index (χ0) is 12.7. The predicted octanol–water partition coefficient (Wildman–Crippen LogP) is -1.56. The zero-order valence-electron chi connectivity index (χ0n) is 9.34. The normalized spacial score (nSPS) is 28.0. The topological polar surface area (TPSA) is 132 Å². The molecule has 9 heteroatoms. The van der Waals surface area contributed by atoms with Crippen LogP contribution >= 0.6 is 0 Å². The van der Waals surface area contributed by atoms with Crippen molar-refractivity contribution < 1.29 is 14.9 Å². The van der Waals surface area contributed by atoms with Crippen LogP contribution in [0.15, 0.2) is 6.33 Å². The molecule has 3 atom stereocenters. The summed E-state index contributed by atoms with van der Waals surface area (Å²) in [4.78, 5) is 7.81. The standard InChI is InChI=1S/C9H12N6O3/c10-8-7-9(12-3-11-8)13-14-15(7)6-1-4(17)5(2-16)18-6/h3-6,16-17H,1-2H2,(H2,10,11,12)/t4-,5+,6-/m0/s1. The lowest BCUT2D eigenvalue weighted by Gasteiger charge is -2.12. The summed E-state index contributed by atoms with van der Waals surface area (Å²) in [6.45, 7) is -0.254. The molecular weight excluding hydrogens is 240 g/mol. The van der Waals surface area contributed by atoms with Gasteiger partial charge in [-0.2, -0.15) is 0 Å². The Hall–Kier alpha value is -1.84. The van der Waals surface area contributed by atoms with Gasteiger partial charge in [0.2, 0.25) is 5.65 Å². The lowest BCUT2D eigenvalue weighted by Crippen LogP contribution is -2.24. The molecule has 0 unspecified atom stereocenters. The van der Waals surface area contributed by atoms with E-state index in [4.69, 9.17) is 15.6 Å². The van der Waals surface area contributed by atoms with Gasteiger partial charge in [-0.1, -0.05) is 5.21 Å². The van der Waals surface area contributed by atoms with Crippen molar-refractivity contribution in [3.8, 4) is 0 Å². The second-order valence-electron chi connectivity index (χ2n) is 4.08. The number of rotatable bonds is 2. The van der Waals surface area contributed by atoms with Crippen molar-refractivity contribution in [3.63, 3.8) is 0 Å². The second-order valence-corrected chi connectivity index (χ2v) is 4.08. The Balaban J connectivity index is 2.01. The Labute approximate surface area is 101 Å². The molecule has 96 valence electrons. The molecule has 0 spiro atoms. The van der Waals surface area contributed by atoms with Crippen molar-refractivity contribution in [1.29, 1.82) is 0 Å². The summed E-state index contributed by atoms with van der Waals surface area (Å²) in [5.41, 5.74) is 6.59. The van der Waals surface area contributed by atoms with Crippen molar-refractivity contribution in [2.75, 3.05) is 12.3 Å².